The Morgan fingerprint density at radius 1 is 0.464 bits per heavy atom. The summed E-state index contributed by atoms with van der Waals surface area (Å²) < 4.78 is 17.7. The highest BCUT2D eigenvalue weighted by atomic mass is 16.7. The van der Waals surface area contributed by atoms with Crippen LogP contribution in [0.4, 0.5) is 0 Å². The van der Waals surface area contributed by atoms with Crippen molar-refractivity contribution in [3.05, 3.63) is 85.1 Å². The van der Waals surface area contributed by atoms with Crippen molar-refractivity contribution in [1.29, 1.82) is 0 Å². The average molecular weight is 1180 g/mol. The normalized spacial score (nSPS) is 19.0. The number of hydrogen-bond acceptors (Lipinski definition) is 10. The standard InChI is InChI=1S/C73H129NO10/c1-4-7-10-13-16-19-22-25-27-29-31-33-34-35-37-39-41-43-46-49-52-55-58-61-68(78)84-71-70(80)69(79)67(62-75)83-73(71)82-63-64(65(76)59-56-53-50-47-44-24-21-18-15-12-9-6-3)74-72(81)66(77)60-57-54-51-48-45-42-40-38-36-32-30-28-26-23-20-17-14-11-8-5-2/h16-17,19-20,25-28,31,33,35,37,56,59,64-67,69-71,73,75-77,79-80H,4-15,18,21-24,29-30,32,34,36,38-55,57-58,60-63H2,1-3H3,(H,74,81)/b19-16-,20-17-,27-25-,28-26-,33-31-,37-35-,59-56+. The quantitative estimate of drug-likeness (QED) is 0.0195. The van der Waals surface area contributed by atoms with Crippen LogP contribution < -0.4 is 5.32 Å². The van der Waals surface area contributed by atoms with Crippen LogP contribution in [0.3, 0.4) is 0 Å². The number of nitrogens with one attached hydrogen (secondary N) is 1. The van der Waals surface area contributed by atoms with Gasteiger partial charge in [-0.15, -0.1) is 0 Å². The van der Waals surface area contributed by atoms with Gasteiger partial charge in [0, 0.05) is 6.42 Å². The van der Waals surface area contributed by atoms with Gasteiger partial charge in [-0.05, 0) is 103 Å². The molecule has 0 saturated carbocycles. The van der Waals surface area contributed by atoms with Gasteiger partial charge in [-0.1, -0.05) is 279 Å². The van der Waals surface area contributed by atoms with Gasteiger partial charge in [-0.2, -0.15) is 0 Å². The Hall–Kier alpha value is -3.16. The van der Waals surface area contributed by atoms with Crippen LogP contribution in [0.25, 0.3) is 0 Å². The molecule has 486 valence electrons. The fourth-order valence-corrected chi connectivity index (χ4v) is 10.5. The summed E-state index contributed by atoms with van der Waals surface area (Å²) in [5.41, 5.74) is 0. The van der Waals surface area contributed by atoms with E-state index in [2.05, 4.69) is 99.0 Å². The van der Waals surface area contributed by atoms with E-state index in [-0.39, 0.29) is 19.4 Å². The summed E-state index contributed by atoms with van der Waals surface area (Å²) in [6.07, 6.45) is 68.9. The predicted molar refractivity (Wildman–Crippen MR) is 352 cm³/mol. The number of allylic oxidation sites excluding steroid dienone is 13. The van der Waals surface area contributed by atoms with Crippen LogP contribution in [-0.4, -0.2) is 99.6 Å². The van der Waals surface area contributed by atoms with Gasteiger partial charge in [0.25, 0.3) is 0 Å². The highest BCUT2D eigenvalue weighted by Gasteiger charge is 2.47. The average Bonchev–Trinajstić information content (AvgIpc) is 3.65. The summed E-state index contributed by atoms with van der Waals surface area (Å²) in [4.78, 5) is 26.7. The molecule has 0 bridgehead atoms. The number of aliphatic hydroxyl groups excluding tert-OH is 5. The van der Waals surface area contributed by atoms with Crippen LogP contribution in [0, 0.1) is 0 Å². The minimum atomic E-state index is -1.62. The van der Waals surface area contributed by atoms with Crippen LogP contribution in [0.5, 0.6) is 0 Å². The molecule has 1 aliphatic heterocycles. The monoisotopic (exact) mass is 1180 g/mol. The van der Waals surface area contributed by atoms with Crippen molar-refractivity contribution in [2.75, 3.05) is 13.2 Å². The first-order valence-electron chi connectivity index (χ1n) is 34.9. The first kappa shape index (κ1) is 78.9. The molecule has 0 spiro atoms. The summed E-state index contributed by atoms with van der Waals surface area (Å²) in [7, 11) is 0. The minimum Gasteiger partial charge on any atom is -0.454 e. The number of aliphatic hydroxyl groups is 5. The number of esters is 1. The SMILES string of the molecule is CCCCC/C=C\C/C=C\C/C=C\C/C=C\CCCCCCCCCC(=O)OC1C(OCC(NC(=O)C(O)CCCCCCCCCCCC/C=C\C/C=C\CCCCC)C(O)/C=C/CCCCCCCCCCCC)OC(CO)C(O)C1O. The molecule has 1 aliphatic rings. The third kappa shape index (κ3) is 47.0. The molecule has 1 saturated heterocycles. The van der Waals surface area contributed by atoms with Crippen molar-refractivity contribution in [2.45, 2.75) is 352 Å². The smallest absolute Gasteiger partial charge is 0.306 e. The number of rotatable bonds is 59. The number of unbranched alkanes of at least 4 members (excludes halogenated alkanes) is 33. The van der Waals surface area contributed by atoms with E-state index in [1.54, 1.807) is 6.08 Å². The lowest BCUT2D eigenvalue weighted by molar-refractivity contribution is -0.305. The largest absolute Gasteiger partial charge is 0.454 e. The van der Waals surface area contributed by atoms with Gasteiger partial charge in [0.2, 0.25) is 5.91 Å². The molecule has 0 radical (unpaired) electrons. The van der Waals surface area contributed by atoms with Crippen LogP contribution >= 0.6 is 0 Å². The summed E-state index contributed by atoms with van der Waals surface area (Å²) in [6.45, 7) is 5.75. The van der Waals surface area contributed by atoms with Crippen LogP contribution in [0.2, 0.25) is 0 Å². The molecule has 1 heterocycles. The second kappa shape index (κ2) is 60.1. The lowest BCUT2D eigenvalue weighted by Crippen LogP contribution is -2.61. The van der Waals surface area contributed by atoms with Gasteiger partial charge >= 0.3 is 5.97 Å². The van der Waals surface area contributed by atoms with Crippen molar-refractivity contribution < 1.29 is 49.3 Å². The number of ether oxygens (including phenoxy) is 3. The highest BCUT2D eigenvalue weighted by Crippen LogP contribution is 2.26. The molecular weight excluding hydrogens is 1050 g/mol. The maximum atomic E-state index is 13.5. The zero-order chi connectivity index (χ0) is 61.0. The summed E-state index contributed by atoms with van der Waals surface area (Å²) in [6, 6.07) is -1.03. The van der Waals surface area contributed by atoms with E-state index >= 15 is 0 Å². The summed E-state index contributed by atoms with van der Waals surface area (Å²) in [5, 5.41) is 57.2. The van der Waals surface area contributed by atoms with Gasteiger partial charge in [0.05, 0.1) is 25.4 Å². The maximum Gasteiger partial charge on any atom is 0.306 e. The molecule has 0 aromatic rings. The number of carbonyl (C=O) groups excluding carboxylic acids is 2. The van der Waals surface area contributed by atoms with Crippen LogP contribution in [-0.2, 0) is 23.8 Å². The van der Waals surface area contributed by atoms with Crippen LogP contribution in [0.1, 0.15) is 303 Å². The molecular formula is C73H129NO10. The first-order valence-corrected chi connectivity index (χ1v) is 34.9. The Bertz CT molecular complexity index is 1690. The molecule has 1 amide bonds. The lowest BCUT2D eigenvalue weighted by atomic mass is 9.99. The fourth-order valence-electron chi connectivity index (χ4n) is 10.5. The molecule has 84 heavy (non-hydrogen) atoms. The summed E-state index contributed by atoms with van der Waals surface area (Å²) >= 11 is 0. The molecule has 6 N–H and O–H groups in total. The van der Waals surface area contributed by atoms with Gasteiger partial charge in [-0.3, -0.25) is 9.59 Å². The number of amides is 1. The molecule has 1 rings (SSSR count). The highest BCUT2D eigenvalue weighted by molar-refractivity contribution is 5.80. The van der Waals surface area contributed by atoms with E-state index in [1.807, 2.05) is 6.08 Å². The van der Waals surface area contributed by atoms with Gasteiger partial charge < -0.3 is 45.1 Å². The van der Waals surface area contributed by atoms with Crippen LogP contribution in [0.15, 0.2) is 85.1 Å². The van der Waals surface area contributed by atoms with E-state index in [4.69, 9.17) is 14.2 Å². The molecule has 8 atom stereocenters. The molecule has 11 heteroatoms. The lowest BCUT2D eigenvalue weighted by Gasteiger charge is -2.41. The third-order valence-corrected chi connectivity index (χ3v) is 16.0. The predicted octanol–water partition coefficient (Wildman–Crippen LogP) is 17.7. The molecule has 11 nitrogen and oxygen atoms in total. The maximum absolute atomic E-state index is 13.5. The van der Waals surface area contributed by atoms with E-state index in [9.17, 15) is 35.1 Å². The molecule has 8 unspecified atom stereocenters. The number of hydrogen-bond donors (Lipinski definition) is 6. The minimum absolute atomic E-state index is 0.108. The van der Waals surface area contributed by atoms with E-state index in [0.717, 1.165) is 116 Å². The first-order chi connectivity index (χ1) is 41.2. The van der Waals surface area contributed by atoms with Gasteiger partial charge in [-0.25, -0.2) is 0 Å². The second-order valence-corrected chi connectivity index (χ2v) is 23.9. The Morgan fingerprint density at radius 2 is 0.821 bits per heavy atom. The van der Waals surface area contributed by atoms with Crippen molar-refractivity contribution in [3.8, 4) is 0 Å². The zero-order valence-electron chi connectivity index (χ0n) is 54.0. The number of carbonyl (C=O) groups is 2. The third-order valence-electron chi connectivity index (χ3n) is 16.0. The molecule has 0 aromatic heterocycles. The molecule has 1 fully saturated rings. The van der Waals surface area contributed by atoms with E-state index in [0.29, 0.717) is 12.8 Å². The van der Waals surface area contributed by atoms with Crippen molar-refractivity contribution in [1.82, 2.24) is 5.32 Å². The second-order valence-electron chi connectivity index (χ2n) is 23.9. The topological polar surface area (TPSA) is 175 Å². The fraction of sp³-hybridized carbons (Fsp3) is 0.781. The zero-order valence-corrected chi connectivity index (χ0v) is 54.0. The van der Waals surface area contributed by atoms with E-state index < -0.39 is 67.4 Å². The summed E-state index contributed by atoms with van der Waals surface area (Å²) in [5.74, 6) is -1.20. The van der Waals surface area contributed by atoms with E-state index in [1.165, 1.54) is 141 Å². The van der Waals surface area contributed by atoms with Crippen molar-refractivity contribution in [2.24, 2.45) is 0 Å². The van der Waals surface area contributed by atoms with Gasteiger partial charge in [0.15, 0.2) is 12.4 Å². The molecule has 0 aromatic carbocycles. The Morgan fingerprint density at radius 3 is 1.25 bits per heavy atom. The Balaban J connectivity index is 2.61. The Kier molecular flexibility index (Phi) is 56.5. The van der Waals surface area contributed by atoms with Crippen molar-refractivity contribution in [3.63, 3.8) is 0 Å². The van der Waals surface area contributed by atoms with Crippen molar-refractivity contribution >= 4 is 11.9 Å². The Labute approximate surface area is 514 Å². The van der Waals surface area contributed by atoms with Gasteiger partial charge in [0.1, 0.15) is 24.4 Å². The molecule has 0 aliphatic carbocycles.